The van der Waals surface area contributed by atoms with Crippen molar-refractivity contribution in [2.75, 3.05) is 49.3 Å². The highest BCUT2D eigenvalue weighted by molar-refractivity contribution is 8.24. The third-order valence-corrected chi connectivity index (χ3v) is 9.68. The quantitative estimate of drug-likeness (QED) is 0.294. The Morgan fingerprint density at radius 2 is 1.65 bits per heavy atom. The number of hydrogen-bond acceptors (Lipinski definition) is 9. The molecule has 1 aromatic heterocycles. The molecule has 0 spiro atoms. The molecule has 200 valence electrons. The fourth-order valence-electron chi connectivity index (χ4n) is 3.97. The molecule has 2 aromatic carbocycles. The van der Waals surface area contributed by atoms with Crippen LogP contribution in [0.25, 0.3) is 0 Å². The predicted molar refractivity (Wildman–Crippen MR) is 145 cm³/mol. The molecule has 1 aliphatic rings. The molecule has 1 unspecified atom stereocenters. The molecule has 13 heteroatoms. The normalized spacial score (nSPS) is 18.2. The van der Waals surface area contributed by atoms with Gasteiger partial charge in [-0.1, -0.05) is 0 Å². The number of rotatable bonds is 10. The van der Waals surface area contributed by atoms with E-state index in [9.17, 15) is 21.9 Å². The maximum atomic E-state index is 13.5. The minimum Gasteiger partial charge on any atom is -0.340 e. The Hall–Kier alpha value is -2.81. The SMILES string of the molecule is CN(C)CCN(C1CCS(O)(O)C1)S(=O)(=O)c1ccc(Nc2nccc(Nc3ccc(F)cc3)n2)cc1. The van der Waals surface area contributed by atoms with E-state index in [1.165, 1.54) is 28.6 Å². The fourth-order valence-corrected chi connectivity index (χ4v) is 7.49. The lowest BCUT2D eigenvalue weighted by atomic mass is 10.2. The average Bonchev–Trinajstić information content (AvgIpc) is 3.20. The van der Waals surface area contributed by atoms with E-state index in [4.69, 9.17) is 0 Å². The van der Waals surface area contributed by atoms with E-state index in [-0.39, 0.29) is 28.8 Å². The van der Waals surface area contributed by atoms with Crippen LogP contribution in [0.1, 0.15) is 6.42 Å². The number of aromatic nitrogens is 2. The summed E-state index contributed by atoms with van der Waals surface area (Å²) < 4.78 is 61.8. The first-order chi connectivity index (χ1) is 17.5. The molecular weight excluding hydrogens is 519 g/mol. The first-order valence-corrected chi connectivity index (χ1v) is 15.0. The largest absolute Gasteiger partial charge is 0.340 e. The first-order valence-electron chi connectivity index (χ1n) is 11.6. The van der Waals surface area contributed by atoms with E-state index in [0.717, 1.165) is 0 Å². The molecule has 37 heavy (non-hydrogen) atoms. The zero-order valence-electron chi connectivity index (χ0n) is 20.6. The Kier molecular flexibility index (Phi) is 8.31. The zero-order valence-corrected chi connectivity index (χ0v) is 22.2. The van der Waals surface area contributed by atoms with Gasteiger partial charge >= 0.3 is 0 Å². The number of benzene rings is 2. The van der Waals surface area contributed by atoms with Crippen molar-refractivity contribution >= 4 is 43.8 Å². The Bertz CT molecular complexity index is 1310. The van der Waals surface area contributed by atoms with Gasteiger partial charge in [0.2, 0.25) is 16.0 Å². The van der Waals surface area contributed by atoms with E-state index in [0.29, 0.717) is 36.1 Å². The summed E-state index contributed by atoms with van der Waals surface area (Å²) in [5.41, 5.74) is 1.26. The van der Waals surface area contributed by atoms with Crippen LogP contribution in [0.5, 0.6) is 0 Å². The third kappa shape index (κ3) is 7.15. The summed E-state index contributed by atoms with van der Waals surface area (Å²) in [7, 11) is -2.89. The van der Waals surface area contributed by atoms with Crippen molar-refractivity contribution < 1.29 is 21.9 Å². The van der Waals surface area contributed by atoms with Crippen LogP contribution < -0.4 is 10.6 Å². The topological polar surface area (TPSA) is 131 Å². The Morgan fingerprint density at radius 3 is 2.27 bits per heavy atom. The molecule has 1 fully saturated rings. The molecule has 0 amide bonds. The van der Waals surface area contributed by atoms with Crippen LogP contribution in [0.4, 0.5) is 27.5 Å². The van der Waals surface area contributed by atoms with E-state index in [2.05, 4.69) is 20.6 Å². The van der Waals surface area contributed by atoms with Crippen molar-refractivity contribution in [2.24, 2.45) is 0 Å². The summed E-state index contributed by atoms with van der Waals surface area (Å²) in [6, 6.07) is 13.4. The van der Waals surface area contributed by atoms with Gasteiger partial charge in [0.25, 0.3) is 0 Å². The smallest absolute Gasteiger partial charge is 0.243 e. The maximum absolute atomic E-state index is 13.5. The second-order valence-electron chi connectivity index (χ2n) is 9.08. The second kappa shape index (κ2) is 11.3. The van der Waals surface area contributed by atoms with Gasteiger partial charge in [-0.3, -0.25) is 9.11 Å². The van der Waals surface area contributed by atoms with E-state index in [1.54, 1.807) is 36.5 Å². The molecule has 0 radical (unpaired) electrons. The lowest BCUT2D eigenvalue weighted by Crippen LogP contribution is -2.44. The van der Waals surface area contributed by atoms with E-state index >= 15 is 0 Å². The zero-order chi connectivity index (χ0) is 26.6. The fraction of sp³-hybridized carbons (Fsp3) is 0.333. The minimum absolute atomic E-state index is 0.0545. The second-order valence-corrected chi connectivity index (χ2v) is 13.3. The summed E-state index contributed by atoms with van der Waals surface area (Å²) in [5, 5.41) is 6.12. The summed E-state index contributed by atoms with van der Waals surface area (Å²) in [6.45, 7) is 0.755. The van der Waals surface area contributed by atoms with Crippen LogP contribution in [0.15, 0.2) is 65.7 Å². The molecule has 1 aliphatic heterocycles. The summed E-state index contributed by atoms with van der Waals surface area (Å²) in [4.78, 5) is 10.6. The van der Waals surface area contributed by atoms with Crippen molar-refractivity contribution in [3.05, 3.63) is 66.6 Å². The number of nitrogens with one attached hydrogen (secondary N) is 2. The summed E-state index contributed by atoms with van der Waals surface area (Å²) in [5.74, 6) is 0.734. The van der Waals surface area contributed by atoms with Gasteiger partial charge in [-0.15, -0.1) is 0 Å². The van der Waals surface area contributed by atoms with Gasteiger partial charge in [-0.05, 0) is 75.1 Å². The molecule has 4 rings (SSSR count). The number of hydrogen-bond donors (Lipinski definition) is 4. The van der Waals surface area contributed by atoms with Crippen molar-refractivity contribution in [1.82, 2.24) is 19.2 Å². The molecular formula is C24H31FN6O4S2. The van der Waals surface area contributed by atoms with Crippen LogP contribution in [0, 0.1) is 5.82 Å². The highest BCUT2D eigenvalue weighted by Gasteiger charge is 2.38. The third-order valence-electron chi connectivity index (χ3n) is 5.90. The lowest BCUT2D eigenvalue weighted by Gasteiger charge is -2.31. The van der Waals surface area contributed by atoms with Gasteiger partial charge in [0.05, 0.1) is 10.6 Å². The molecule has 10 nitrogen and oxygen atoms in total. The number of likely N-dealkylation sites (N-methyl/N-ethyl adjacent to an activating group) is 1. The number of nitrogens with zero attached hydrogens (tertiary/aromatic N) is 4. The molecule has 1 atom stereocenters. The van der Waals surface area contributed by atoms with Crippen molar-refractivity contribution in [3.8, 4) is 0 Å². The van der Waals surface area contributed by atoms with Gasteiger partial charge < -0.3 is 15.5 Å². The lowest BCUT2D eigenvalue weighted by molar-refractivity contribution is 0.293. The highest BCUT2D eigenvalue weighted by Crippen LogP contribution is 2.47. The van der Waals surface area contributed by atoms with Gasteiger partial charge in [0, 0.05) is 42.5 Å². The molecule has 0 saturated carbocycles. The van der Waals surface area contributed by atoms with Crippen LogP contribution >= 0.6 is 10.6 Å². The Balaban J connectivity index is 1.48. The standard InChI is InChI=1S/C24H31FN6O4S2/c1-30(2)14-15-31(21-12-16-36(32,33)17-21)37(34,35)22-9-7-20(8-10-22)28-24-26-13-11-23(29-24)27-19-5-3-18(25)4-6-19/h3-11,13,21,32-33H,12,14-17H2,1-2H3,(H2,26,27,28,29). The number of anilines is 4. The van der Waals surface area contributed by atoms with Crippen LogP contribution in [0.2, 0.25) is 0 Å². The molecule has 0 bridgehead atoms. The Morgan fingerprint density at radius 1 is 1.00 bits per heavy atom. The molecule has 2 heterocycles. The summed E-state index contributed by atoms with van der Waals surface area (Å²) in [6.07, 6.45) is 1.98. The minimum atomic E-state index is -3.86. The van der Waals surface area contributed by atoms with Crippen molar-refractivity contribution in [2.45, 2.75) is 17.4 Å². The van der Waals surface area contributed by atoms with Crippen LogP contribution in [-0.4, -0.2) is 81.4 Å². The molecule has 1 saturated heterocycles. The van der Waals surface area contributed by atoms with Crippen molar-refractivity contribution in [3.63, 3.8) is 0 Å². The van der Waals surface area contributed by atoms with Gasteiger partial charge in [-0.25, -0.2) is 17.8 Å². The average molecular weight is 551 g/mol. The summed E-state index contributed by atoms with van der Waals surface area (Å²) >= 11 is 0. The molecule has 0 aliphatic carbocycles. The van der Waals surface area contributed by atoms with Gasteiger partial charge in [-0.2, -0.15) is 19.9 Å². The monoisotopic (exact) mass is 550 g/mol. The van der Waals surface area contributed by atoms with Gasteiger partial charge in [0.15, 0.2) is 0 Å². The van der Waals surface area contributed by atoms with Gasteiger partial charge in [0.1, 0.15) is 11.6 Å². The molecule has 4 N–H and O–H groups in total. The number of halogens is 1. The molecule has 3 aromatic rings. The van der Waals surface area contributed by atoms with Crippen molar-refractivity contribution in [1.29, 1.82) is 0 Å². The highest BCUT2D eigenvalue weighted by atomic mass is 32.3. The van der Waals surface area contributed by atoms with Crippen LogP contribution in [0.3, 0.4) is 0 Å². The first kappa shape index (κ1) is 27.2. The maximum Gasteiger partial charge on any atom is 0.243 e. The number of sulfonamides is 1. The van der Waals surface area contributed by atoms with E-state index < -0.39 is 26.7 Å². The van der Waals surface area contributed by atoms with E-state index in [1.807, 2.05) is 19.0 Å². The predicted octanol–water partition coefficient (Wildman–Crippen LogP) is 4.18. The Labute approximate surface area is 218 Å². The van der Waals surface area contributed by atoms with Crippen LogP contribution in [-0.2, 0) is 10.0 Å².